The molecular formula is C19H19N3. The monoisotopic (exact) mass is 289 g/mol. The first-order valence-electron chi connectivity index (χ1n) is 7.62. The number of nitriles is 1. The molecule has 3 heteroatoms. The fourth-order valence-electron chi connectivity index (χ4n) is 2.81. The topological polar surface area (TPSA) is 41.1 Å². The van der Waals surface area contributed by atoms with Crippen LogP contribution in [0.2, 0.25) is 0 Å². The molecule has 22 heavy (non-hydrogen) atoms. The molecule has 2 aromatic heterocycles. The van der Waals surface area contributed by atoms with Crippen LogP contribution in [0, 0.1) is 18.3 Å². The number of fused-ring (bicyclic) bond motifs is 1. The van der Waals surface area contributed by atoms with Crippen molar-refractivity contribution >= 4 is 5.65 Å². The lowest BCUT2D eigenvalue weighted by Gasteiger charge is -2.07. The lowest BCUT2D eigenvalue weighted by atomic mass is 10.0. The summed E-state index contributed by atoms with van der Waals surface area (Å²) in [6.07, 6.45) is 3.01. The van der Waals surface area contributed by atoms with Crippen LogP contribution in [0.3, 0.4) is 0 Å². The molecule has 0 aliphatic rings. The molecule has 1 unspecified atom stereocenters. The van der Waals surface area contributed by atoms with Crippen LogP contribution >= 0.6 is 0 Å². The highest BCUT2D eigenvalue weighted by Gasteiger charge is 2.19. The number of nitrogens with zero attached hydrogens (tertiary/aromatic N) is 3. The summed E-state index contributed by atoms with van der Waals surface area (Å²) in [4.78, 5) is 4.82. The van der Waals surface area contributed by atoms with Crippen molar-refractivity contribution < 1.29 is 0 Å². The van der Waals surface area contributed by atoms with Gasteiger partial charge in [-0.05, 0) is 37.5 Å². The molecule has 0 aliphatic carbocycles. The van der Waals surface area contributed by atoms with E-state index >= 15 is 0 Å². The summed E-state index contributed by atoms with van der Waals surface area (Å²) in [5.41, 5.74) is 6.28. The summed E-state index contributed by atoms with van der Waals surface area (Å²) in [5.74, 6) is -0.211. The second kappa shape index (κ2) is 5.65. The maximum Gasteiger partial charge on any atom is 0.140 e. The van der Waals surface area contributed by atoms with Gasteiger partial charge in [-0.15, -0.1) is 0 Å². The van der Waals surface area contributed by atoms with Gasteiger partial charge in [0.05, 0.1) is 23.4 Å². The average molecular weight is 289 g/mol. The van der Waals surface area contributed by atoms with Crippen LogP contribution < -0.4 is 0 Å². The Kier molecular flexibility index (Phi) is 3.68. The van der Waals surface area contributed by atoms with Gasteiger partial charge in [0.15, 0.2) is 0 Å². The summed E-state index contributed by atoms with van der Waals surface area (Å²) in [6, 6.07) is 14.9. The Morgan fingerprint density at radius 3 is 2.59 bits per heavy atom. The summed E-state index contributed by atoms with van der Waals surface area (Å²) in [5, 5.41) is 9.40. The predicted octanol–water partition coefficient (Wildman–Crippen LogP) is 4.50. The van der Waals surface area contributed by atoms with E-state index in [1.165, 1.54) is 5.56 Å². The number of rotatable bonds is 3. The van der Waals surface area contributed by atoms with Crippen molar-refractivity contribution in [3.63, 3.8) is 0 Å². The smallest absolute Gasteiger partial charge is 0.140 e. The third-order valence-electron chi connectivity index (χ3n) is 4.12. The van der Waals surface area contributed by atoms with E-state index in [-0.39, 0.29) is 5.92 Å². The van der Waals surface area contributed by atoms with Gasteiger partial charge in [-0.3, -0.25) is 0 Å². The fourth-order valence-corrected chi connectivity index (χ4v) is 2.81. The number of benzene rings is 1. The molecule has 0 saturated carbocycles. The molecule has 0 spiro atoms. The zero-order chi connectivity index (χ0) is 15.7. The molecule has 3 nitrogen and oxygen atoms in total. The Labute approximate surface area is 130 Å². The Hall–Kier alpha value is -2.60. The van der Waals surface area contributed by atoms with Crippen molar-refractivity contribution in [2.24, 2.45) is 0 Å². The molecule has 0 saturated heterocycles. The van der Waals surface area contributed by atoms with Gasteiger partial charge in [0.1, 0.15) is 5.65 Å². The van der Waals surface area contributed by atoms with E-state index in [2.05, 4.69) is 37.3 Å². The Morgan fingerprint density at radius 2 is 1.95 bits per heavy atom. The van der Waals surface area contributed by atoms with Crippen LogP contribution in [0.5, 0.6) is 0 Å². The minimum Gasteiger partial charge on any atom is -0.302 e. The van der Waals surface area contributed by atoms with E-state index in [1.54, 1.807) is 0 Å². The van der Waals surface area contributed by atoms with Crippen molar-refractivity contribution in [2.75, 3.05) is 0 Å². The molecular weight excluding hydrogens is 270 g/mol. The van der Waals surface area contributed by atoms with E-state index in [0.29, 0.717) is 0 Å². The minimum atomic E-state index is -0.211. The molecule has 1 aromatic carbocycles. The molecule has 1 atom stereocenters. The van der Waals surface area contributed by atoms with E-state index in [0.717, 1.165) is 34.6 Å². The van der Waals surface area contributed by atoms with Crippen LogP contribution in [0.25, 0.3) is 16.9 Å². The number of imidazole rings is 1. The Balaban J connectivity index is 2.27. The lowest BCUT2D eigenvalue weighted by molar-refractivity contribution is 0.898. The van der Waals surface area contributed by atoms with Crippen LogP contribution in [0.1, 0.15) is 36.6 Å². The average Bonchev–Trinajstić information content (AvgIpc) is 2.95. The molecule has 0 fully saturated rings. The largest absolute Gasteiger partial charge is 0.302 e. The SMILES string of the molecule is CCc1ccc(-c2nc3c(C)cccn3c2C(C)C#N)cc1. The Bertz CT molecular complexity index is 851. The summed E-state index contributed by atoms with van der Waals surface area (Å²) in [6.45, 7) is 6.12. The Morgan fingerprint density at radius 1 is 1.23 bits per heavy atom. The van der Waals surface area contributed by atoms with Crippen molar-refractivity contribution in [3.8, 4) is 17.3 Å². The molecule has 3 aromatic rings. The fraction of sp³-hybridized carbons (Fsp3) is 0.263. The number of hydrogen-bond donors (Lipinski definition) is 0. The highest BCUT2D eigenvalue weighted by Crippen LogP contribution is 2.31. The normalized spacial score (nSPS) is 12.3. The number of aromatic nitrogens is 2. The van der Waals surface area contributed by atoms with Gasteiger partial charge in [0, 0.05) is 11.8 Å². The maximum atomic E-state index is 9.40. The standard InChI is InChI=1S/C19H19N3/c1-4-15-7-9-16(10-8-15)17-18(14(3)12-20)22-11-5-6-13(2)19(22)21-17/h5-11,14H,4H2,1-3H3. The van der Waals surface area contributed by atoms with Gasteiger partial charge < -0.3 is 4.40 Å². The first-order chi connectivity index (χ1) is 10.7. The summed E-state index contributed by atoms with van der Waals surface area (Å²) in [7, 11) is 0. The van der Waals surface area contributed by atoms with Gasteiger partial charge in [-0.25, -0.2) is 4.98 Å². The second-order valence-electron chi connectivity index (χ2n) is 5.63. The van der Waals surface area contributed by atoms with E-state index in [9.17, 15) is 5.26 Å². The van der Waals surface area contributed by atoms with Crippen molar-refractivity contribution in [3.05, 3.63) is 59.4 Å². The van der Waals surface area contributed by atoms with Gasteiger partial charge in [-0.1, -0.05) is 37.3 Å². The van der Waals surface area contributed by atoms with Crippen LogP contribution in [0.15, 0.2) is 42.6 Å². The van der Waals surface area contributed by atoms with Crippen LogP contribution in [0.4, 0.5) is 0 Å². The summed E-state index contributed by atoms with van der Waals surface area (Å²) >= 11 is 0. The number of aryl methyl sites for hydroxylation is 2. The summed E-state index contributed by atoms with van der Waals surface area (Å²) < 4.78 is 2.05. The third-order valence-corrected chi connectivity index (χ3v) is 4.12. The molecule has 2 heterocycles. The molecule has 0 aliphatic heterocycles. The number of hydrogen-bond acceptors (Lipinski definition) is 2. The minimum absolute atomic E-state index is 0.211. The van der Waals surface area contributed by atoms with Crippen LogP contribution in [-0.2, 0) is 6.42 Å². The van der Waals surface area contributed by atoms with E-state index in [1.807, 2.05) is 36.6 Å². The first-order valence-corrected chi connectivity index (χ1v) is 7.62. The third kappa shape index (κ3) is 2.27. The van der Waals surface area contributed by atoms with Gasteiger partial charge in [0.25, 0.3) is 0 Å². The molecule has 110 valence electrons. The van der Waals surface area contributed by atoms with Crippen molar-refractivity contribution in [1.29, 1.82) is 5.26 Å². The van der Waals surface area contributed by atoms with Crippen molar-refractivity contribution in [1.82, 2.24) is 9.38 Å². The highest BCUT2D eigenvalue weighted by molar-refractivity contribution is 5.69. The molecule has 0 N–H and O–H groups in total. The molecule has 0 amide bonds. The number of pyridine rings is 1. The first kappa shape index (κ1) is 14.3. The zero-order valence-corrected chi connectivity index (χ0v) is 13.2. The van der Waals surface area contributed by atoms with E-state index in [4.69, 9.17) is 4.98 Å². The molecule has 0 bridgehead atoms. The van der Waals surface area contributed by atoms with Gasteiger partial charge in [0.2, 0.25) is 0 Å². The second-order valence-corrected chi connectivity index (χ2v) is 5.63. The lowest BCUT2D eigenvalue weighted by Crippen LogP contribution is -1.99. The maximum absolute atomic E-state index is 9.40. The quantitative estimate of drug-likeness (QED) is 0.712. The van der Waals surface area contributed by atoms with Gasteiger partial charge in [-0.2, -0.15) is 5.26 Å². The molecule has 0 radical (unpaired) electrons. The van der Waals surface area contributed by atoms with E-state index < -0.39 is 0 Å². The van der Waals surface area contributed by atoms with Crippen LogP contribution in [-0.4, -0.2) is 9.38 Å². The highest BCUT2D eigenvalue weighted by atomic mass is 15.0. The van der Waals surface area contributed by atoms with Gasteiger partial charge >= 0.3 is 0 Å². The molecule has 3 rings (SSSR count). The van der Waals surface area contributed by atoms with Crippen molar-refractivity contribution in [2.45, 2.75) is 33.1 Å². The zero-order valence-electron chi connectivity index (χ0n) is 13.2. The predicted molar refractivity (Wildman–Crippen MR) is 88.8 cm³/mol.